The van der Waals surface area contributed by atoms with Crippen LogP contribution in [0.5, 0.6) is 5.75 Å². The van der Waals surface area contributed by atoms with Crippen molar-refractivity contribution >= 4 is 28.2 Å². The van der Waals surface area contributed by atoms with Gasteiger partial charge in [0.25, 0.3) is 0 Å². The van der Waals surface area contributed by atoms with Gasteiger partial charge in [0.1, 0.15) is 11.4 Å². The fraction of sp³-hybridized carbons (Fsp3) is 0.579. The molecule has 1 aromatic rings. The summed E-state index contributed by atoms with van der Waals surface area (Å²) in [5, 5.41) is 0. The molecule has 4 nitrogen and oxygen atoms in total. The summed E-state index contributed by atoms with van der Waals surface area (Å²) in [6.07, 6.45) is 6.18. The van der Waals surface area contributed by atoms with Crippen LogP contribution in [-0.2, 0) is 9.53 Å². The Bertz CT molecular complexity index is 535. The first kappa shape index (κ1) is 20.7. The summed E-state index contributed by atoms with van der Waals surface area (Å²) in [6.45, 7) is 6.23. The summed E-state index contributed by atoms with van der Waals surface area (Å²) in [5.74, 6) is 0.492. The maximum Gasteiger partial charge on any atom is 0.306 e. The standard InChI is InChI=1S/C19H27BrO4/c1-19(2,3)24-18(22)9-7-5-4-6-8-12-23-17-13-16(20)11-10-15(17)14-21/h10-11,13-14H,4-9,12H2,1-3H3. The maximum absolute atomic E-state index is 11.6. The second-order valence-electron chi connectivity index (χ2n) is 6.75. The molecule has 0 saturated heterocycles. The molecule has 1 rings (SSSR count). The van der Waals surface area contributed by atoms with E-state index in [1.807, 2.05) is 32.9 Å². The Kier molecular flexibility index (Phi) is 9.04. The number of rotatable bonds is 10. The molecule has 0 fully saturated rings. The van der Waals surface area contributed by atoms with Crippen LogP contribution in [0.4, 0.5) is 0 Å². The van der Waals surface area contributed by atoms with Gasteiger partial charge in [0.05, 0.1) is 12.2 Å². The molecule has 0 spiro atoms. The van der Waals surface area contributed by atoms with Crippen LogP contribution in [0.25, 0.3) is 0 Å². The van der Waals surface area contributed by atoms with Crippen molar-refractivity contribution in [3.63, 3.8) is 0 Å². The van der Waals surface area contributed by atoms with Crippen LogP contribution >= 0.6 is 15.9 Å². The summed E-state index contributed by atoms with van der Waals surface area (Å²) in [4.78, 5) is 22.5. The number of ether oxygens (including phenoxy) is 2. The second kappa shape index (κ2) is 10.5. The van der Waals surface area contributed by atoms with Crippen LogP contribution in [0.2, 0.25) is 0 Å². The number of esters is 1. The van der Waals surface area contributed by atoms with Crippen LogP contribution < -0.4 is 4.74 Å². The lowest BCUT2D eigenvalue weighted by molar-refractivity contribution is -0.154. The molecule has 134 valence electrons. The molecular formula is C19H27BrO4. The highest BCUT2D eigenvalue weighted by atomic mass is 79.9. The zero-order valence-electron chi connectivity index (χ0n) is 14.8. The summed E-state index contributed by atoms with van der Waals surface area (Å²) in [6, 6.07) is 5.37. The van der Waals surface area contributed by atoms with E-state index in [2.05, 4.69) is 15.9 Å². The maximum atomic E-state index is 11.6. The van der Waals surface area contributed by atoms with Gasteiger partial charge in [-0.15, -0.1) is 0 Å². The van der Waals surface area contributed by atoms with E-state index in [0.29, 0.717) is 24.3 Å². The van der Waals surface area contributed by atoms with E-state index in [9.17, 15) is 9.59 Å². The Morgan fingerprint density at radius 2 is 1.79 bits per heavy atom. The topological polar surface area (TPSA) is 52.6 Å². The average molecular weight is 399 g/mol. The molecule has 0 radical (unpaired) electrons. The van der Waals surface area contributed by atoms with E-state index < -0.39 is 5.60 Å². The van der Waals surface area contributed by atoms with Gasteiger partial charge in [0.15, 0.2) is 6.29 Å². The molecule has 24 heavy (non-hydrogen) atoms. The largest absolute Gasteiger partial charge is 0.493 e. The molecule has 0 aliphatic carbocycles. The van der Waals surface area contributed by atoms with Crippen LogP contribution in [0.15, 0.2) is 22.7 Å². The van der Waals surface area contributed by atoms with Gasteiger partial charge in [-0.2, -0.15) is 0 Å². The van der Waals surface area contributed by atoms with Crippen LogP contribution in [0.1, 0.15) is 69.7 Å². The molecule has 5 heteroatoms. The van der Waals surface area contributed by atoms with Crippen molar-refractivity contribution in [2.45, 2.75) is 64.9 Å². The molecule has 0 unspecified atom stereocenters. The molecule has 0 amide bonds. The average Bonchev–Trinajstić information content (AvgIpc) is 2.48. The van der Waals surface area contributed by atoms with Crippen molar-refractivity contribution in [1.82, 2.24) is 0 Å². The summed E-state index contributed by atoms with van der Waals surface area (Å²) in [7, 11) is 0. The third-order valence-electron chi connectivity index (χ3n) is 3.31. The summed E-state index contributed by atoms with van der Waals surface area (Å²) >= 11 is 3.37. The number of benzene rings is 1. The molecule has 0 aliphatic rings. The van der Waals surface area contributed by atoms with E-state index in [4.69, 9.17) is 9.47 Å². The first-order valence-electron chi connectivity index (χ1n) is 8.41. The predicted octanol–water partition coefficient (Wildman–Crippen LogP) is 5.32. The predicted molar refractivity (Wildman–Crippen MR) is 98.6 cm³/mol. The van der Waals surface area contributed by atoms with Crippen LogP contribution in [0.3, 0.4) is 0 Å². The Hall–Kier alpha value is -1.36. The van der Waals surface area contributed by atoms with Gasteiger partial charge in [-0.3, -0.25) is 9.59 Å². The number of halogens is 1. The zero-order chi connectivity index (χ0) is 18.0. The van der Waals surface area contributed by atoms with Crippen LogP contribution in [-0.4, -0.2) is 24.5 Å². The Morgan fingerprint density at radius 1 is 1.12 bits per heavy atom. The second-order valence-corrected chi connectivity index (χ2v) is 7.67. The summed E-state index contributed by atoms with van der Waals surface area (Å²) in [5.41, 5.74) is 0.164. The van der Waals surface area contributed by atoms with Crippen molar-refractivity contribution in [3.05, 3.63) is 28.2 Å². The highest BCUT2D eigenvalue weighted by Gasteiger charge is 2.15. The Labute approximate surface area is 153 Å². The van der Waals surface area contributed by atoms with Gasteiger partial charge < -0.3 is 9.47 Å². The van der Waals surface area contributed by atoms with Gasteiger partial charge in [0, 0.05) is 10.9 Å². The fourth-order valence-electron chi connectivity index (χ4n) is 2.21. The number of aldehydes is 1. The van der Waals surface area contributed by atoms with Gasteiger partial charge in [-0.1, -0.05) is 35.2 Å². The molecule has 0 atom stereocenters. The van der Waals surface area contributed by atoms with Crippen molar-refractivity contribution in [3.8, 4) is 5.75 Å². The first-order chi connectivity index (χ1) is 11.3. The van der Waals surface area contributed by atoms with Crippen molar-refractivity contribution in [2.24, 2.45) is 0 Å². The van der Waals surface area contributed by atoms with Crippen molar-refractivity contribution in [1.29, 1.82) is 0 Å². The van der Waals surface area contributed by atoms with E-state index in [1.165, 1.54) is 0 Å². The minimum atomic E-state index is -0.402. The Morgan fingerprint density at radius 3 is 2.46 bits per heavy atom. The number of carbonyl (C=O) groups excluding carboxylic acids is 2. The number of carbonyl (C=O) groups is 2. The summed E-state index contributed by atoms with van der Waals surface area (Å²) < 4.78 is 11.8. The molecule has 0 saturated carbocycles. The SMILES string of the molecule is CC(C)(C)OC(=O)CCCCCCCOc1cc(Br)ccc1C=O. The molecule has 0 aliphatic heterocycles. The van der Waals surface area contributed by atoms with Gasteiger partial charge in [-0.05, 0) is 51.8 Å². The zero-order valence-corrected chi connectivity index (χ0v) is 16.4. The highest BCUT2D eigenvalue weighted by molar-refractivity contribution is 9.10. The smallest absolute Gasteiger partial charge is 0.306 e. The number of hydrogen-bond donors (Lipinski definition) is 0. The third kappa shape index (κ3) is 9.06. The van der Waals surface area contributed by atoms with E-state index >= 15 is 0 Å². The van der Waals surface area contributed by atoms with Gasteiger partial charge >= 0.3 is 5.97 Å². The molecule has 0 bridgehead atoms. The third-order valence-corrected chi connectivity index (χ3v) is 3.80. The first-order valence-corrected chi connectivity index (χ1v) is 9.20. The molecule has 0 aromatic heterocycles. The minimum absolute atomic E-state index is 0.123. The lowest BCUT2D eigenvalue weighted by atomic mass is 10.1. The van der Waals surface area contributed by atoms with Gasteiger partial charge in [-0.25, -0.2) is 0 Å². The molecule has 0 heterocycles. The lowest BCUT2D eigenvalue weighted by Crippen LogP contribution is -2.23. The quantitative estimate of drug-likeness (QED) is 0.303. The monoisotopic (exact) mass is 398 g/mol. The van der Waals surface area contributed by atoms with E-state index in [0.717, 1.165) is 42.9 Å². The van der Waals surface area contributed by atoms with E-state index in [1.54, 1.807) is 6.07 Å². The molecular weight excluding hydrogens is 372 g/mol. The normalized spacial score (nSPS) is 11.2. The van der Waals surface area contributed by atoms with Crippen LogP contribution in [0, 0.1) is 0 Å². The fourth-order valence-corrected chi connectivity index (χ4v) is 2.55. The minimum Gasteiger partial charge on any atom is -0.493 e. The van der Waals surface area contributed by atoms with Gasteiger partial charge in [0.2, 0.25) is 0 Å². The number of hydrogen-bond acceptors (Lipinski definition) is 4. The Balaban J connectivity index is 2.10. The molecule has 1 aromatic carbocycles. The number of unbranched alkanes of at least 4 members (excludes halogenated alkanes) is 4. The van der Waals surface area contributed by atoms with Crippen molar-refractivity contribution in [2.75, 3.05) is 6.61 Å². The van der Waals surface area contributed by atoms with Crippen molar-refractivity contribution < 1.29 is 19.1 Å². The van der Waals surface area contributed by atoms with E-state index in [-0.39, 0.29) is 5.97 Å². The lowest BCUT2D eigenvalue weighted by Gasteiger charge is -2.19. The molecule has 0 N–H and O–H groups in total. The highest BCUT2D eigenvalue weighted by Crippen LogP contribution is 2.22.